The van der Waals surface area contributed by atoms with Gasteiger partial charge in [0.2, 0.25) is 0 Å². The highest BCUT2D eigenvalue weighted by molar-refractivity contribution is 5.93. The van der Waals surface area contributed by atoms with Crippen LogP contribution in [0, 0.1) is 0 Å². The van der Waals surface area contributed by atoms with Gasteiger partial charge >= 0.3 is 0 Å². The summed E-state index contributed by atoms with van der Waals surface area (Å²) in [6.45, 7) is 0. The van der Waals surface area contributed by atoms with E-state index in [1.165, 1.54) is 101 Å². The fraction of sp³-hybridized carbons (Fsp3) is 0.167. The van der Waals surface area contributed by atoms with E-state index in [4.69, 9.17) is 23.7 Å². The summed E-state index contributed by atoms with van der Waals surface area (Å²) in [5, 5.41) is 124. The van der Waals surface area contributed by atoms with E-state index in [1.54, 1.807) is 60.7 Å². The third-order valence-electron chi connectivity index (χ3n) is 15.1. The number of phenolic OH excluding ortho intramolecular Hbond substituents is 11. The molecule has 0 fully saturated rings. The van der Waals surface area contributed by atoms with Crippen LogP contribution >= 0.6 is 0 Å². The minimum atomic E-state index is -1.91. The van der Waals surface area contributed by atoms with Gasteiger partial charge in [-0.2, -0.15) is 0 Å². The van der Waals surface area contributed by atoms with Gasteiger partial charge in [0.25, 0.3) is 0 Å². The highest BCUT2D eigenvalue weighted by atomic mass is 16.5. The summed E-state index contributed by atoms with van der Waals surface area (Å²) in [5.74, 6) is -6.26. The fourth-order valence-electron chi connectivity index (χ4n) is 12.3. The molecule has 0 spiro atoms. The minimum Gasteiger partial charge on any atom is -0.508 e. The Labute approximate surface area is 434 Å². The van der Waals surface area contributed by atoms with E-state index in [2.05, 4.69) is 0 Å². The molecule has 0 saturated heterocycles. The average molecular weight is 1030 g/mol. The molecule has 16 nitrogen and oxygen atoms in total. The summed E-state index contributed by atoms with van der Waals surface area (Å²) in [6.07, 6.45) is 1.80. The molecule has 0 saturated carbocycles. The van der Waals surface area contributed by atoms with Crippen LogP contribution in [0.3, 0.4) is 0 Å². The molecule has 11 N–H and O–H groups in total. The highest BCUT2D eigenvalue weighted by Gasteiger charge is 2.65. The summed E-state index contributed by atoms with van der Waals surface area (Å²) in [6, 6.07) is 31.5. The lowest BCUT2D eigenvalue weighted by atomic mass is 9.60. The minimum absolute atomic E-state index is 0.101. The zero-order valence-corrected chi connectivity index (χ0v) is 41.0. The zero-order chi connectivity index (χ0) is 53.6. The molecular formula is C60H50O16. The third kappa shape index (κ3) is 7.50. The second kappa shape index (κ2) is 18.1. The summed E-state index contributed by atoms with van der Waals surface area (Å²) in [7, 11) is 5.63. The molecule has 0 heterocycles. The molecule has 16 heteroatoms. The van der Waals surface area contributed by atoms with Crippen LogP contribution in [-0.4, -0.2) is 84.6 Å². The lowest BCUT2D eigenvalue weighted by Crippen LogP contribution is -2.44. The van der Waals surface area contributed by atoms with Gasteiger partial charge in [0.05, 0.1) is 28.4 Å². The van der Waals surface area contributed by atoms with Crippen LogP contribution < -0.4 is 23.7 Å². The molecule has 0 aromatic heterocycles. The Balaban J connectivity index is 1.15. The normalized spacial score (nSPS) is 20.4. The van der Waals surface area contributed by atoms with E-state index in [0.717, 1.165) is 0 Å². The highest BCUT2D eigenvalue weighted by Crippen LogP contribution is 2.72. The SMILES string of the molecule is COc1cc([C@@H]2c3c(O)cc(O)cc3C3(Oc4ccc(/C=C5/c6cc(O)cc(O)c6[C@H](c6ccc(O)c(OC)c6)[C@H]5c5cc(O)cc(O)c5)cc4OC)c4c(O)cc(O)cc4[C@H]2[C@@H]3c2ccc(O)c(OC)c2)ccc1O. The number of hydrogen-bond acceptors (Lipinski definition) is 16. The molecule has 0 aliphatic heterocycles. The molecule has 8 aromatic carbocycles. The predicted molar refractivity (Wildman–Crippen MR) is 277 cm³/mol. The average Bonchev–Trinajstić information content (AvgIpc) is 4.03. The van der Waals surface area contributed by atoms with Gasteiger partial charge in [-0.1, -0.05) is 30.3 Å². The Morgan fingerprint density at radius 3 is 1.51 bits per heavy atom. The third-order valence-corrected chi connectivity index (χ3v) is 15.1. The van der Waals surface area contributed by atoms with E-state index in [-0.39, 0.29) is 109 Å². The van der Waals surface area contributed by atoms with Gasteiger partial charge in [0, 0.05) is 76.1 Å². The first-order valence-corrected chi connectivity index (χ1v) is 23.9. The van der Waals surface area contributed by atoms with Crippen molar-refractivity contribution in [2.75, 3.05) is 28.4 Å². The second-order valence-electron chi connectivity index (χ2n) is 19.1. The monoisotopic (exact) mass is 1030 g/mol. The number of rotatable bonds is 11. The Morgan fingerprint density at radius 1 is 0.395 bits per heavy atom. The van der Waals surface area contributed by atoms with E-state index in [9.17, 15) is 56.2 Å². The molecule has 386 valence electrons. The first kappa shape index (κ1) is 48.6. The molecule has 2 bridgehead atoms. The Bertz CT molecular complexity index is 3700. The molecule has 3 aliphatic carbocycles. The maximum atomic E-state index is 12.3. The van der Waals surface area contributed by atoms with E-state index >= 15 is 0 Å². The number of fused-ring (bicyclic) bond motifs is 8. The van der Waals surface area contributed by atoms with Crippen molar-refractivity contribution in [2.24, 2.45) is 0 Å². The molecule has 11 rings (SSSR count). The zero-order valence-electron chi connectivity index (χ0n) is 41.0. The van der Waals surface area contributed by atoms with Crippen LogP contribution in [0.4, 0.5) is 0 Å². The van der Waals surface area contributed by atoms with Crippen molar-refractivity contribution in [3.05, 3.63) is 189 Å². The maximum absolute atomic E-state index is 12.3. The van der Waals surface area contributed by atoms with Crippen molar-refractivity contribution < 1.29 is 79.9 Å². The van der Waals surface area contributed by atoms with Gasteiger partial charge in [-0.25, -0.2) is 0 Å². The van der Waals surface area contributed by atoms with Crippen LogP contribution in [0.25, 0.3) is 11.6 Å². The predicted octanol–water partition coefficient (Wildman–Crippen LogP) is 10.3. The van der Waals surface area contributed by atoms with Crippen molar-refractivity contribution in [2.45, 2.75) is 35.2 Å². The molecule has 3 aliphatic rings. The number of allylic oxidation sites excluding steroid dienone is 1. The van der Waals surface area contributed by atoms with Crippen molar-refractivity contribution in [3.63, 3.8) is 0 Å². The summed E-state index contributed by atoms with van der Waals surface area (Å²) in [5.41, 5.74) is 3.09. The van der Waals surface area contributed by atoms with E-state index in [1.807, 2.05) is 0 Å². The Hall–Kier alpha value is -9.70. The fourth-order valence-corrected chi connectivity index (χ4v) is 12.3. The lowest BCUT2D eigenvalue weighted by Gasteiger charge is -2.47. The standard InChI is InChI=1S/C60H50O16/c1-72-48-17-28(6-9-41(48)66)53-52(31-15-32(61)20-33(62)16-31)37(38-21-34(63)24-44(69)55(38)53)13-27-5-12-47(51(14-27)75-4)76-60-40-23-36(65)25-45(70)57(40)54(29-7-10-42(67)49(18-29)73-2)56(39-22-35(64)26-46(71)59(39)60)58(60)30-8-11-43(68)50(19-30)74-3/h5-26,52-54,56,58,61-71H,1-4H3/b37-13-/t52-,53+,54-,56+,58-,60?/m0/s1. The first-order valence-electron chi connectivity index (χ1n) is 23.9. The smallest absolute Gasteiger partial charge is 0.171 e. The van der Waals surface area contributed by atoms with Crippen molar-refractivity contribution >= 4 is 11.6 Å². The van der Waals surface area contributed by atoms with E-state index in [0.29, 0.717) is 50.1 Å². The number of methoxy groups -OCH3 is 4. The second-order valence-corrected chi connectivity index (χ2v) is 19.1. The van der Waals surface area contributed by atoms with Crippen molar-refractivity contribution in [3.8, 4) is 92.0 Å². The maximum Gasteiger partial charge on any atom is 0.171 e. The Kier molecular flexibility index (Phi) is 11.5. The number of ether oxygens (including phenoxy) is 5. The molecule has 76 heavy (non-hydrogen) atoms. The molecule has 0 radical (unpaired) electrons. The van der Waals surface area contributed by atoms with Gasteiger partial charge < -0.3 is 79.9 Å². The van der Waals surface area contributed by atoms with Crippen molar-refractivity contribution in [1.29, 1.82) is 0 Å². The molecule has 1 unspecified atom stereocenters. The van der Waals surface area contributed by atoms with Crippen molar-refractivity contribution in [1.82, 2.24) is 0 Å². The molecule has 6 atom stereocenters. The van der Waals surface area contributed by atoms with Gasteiger partial charge in [-0.15, -0.1) is 0 Å². The summed E-state index contributed by atoms with van der Waals surface area (Å²) in [4.78, 5) is 0. The van der Waals surface area contributed by atoms with Gasteiger partial charge in [-0.05, 0) is 123 Å². The Morgan fingerprint density at radius 2 is 0.908 bits per heavy atom. The van der Waals surface area contributed by atoms with Crippen LogP contribution in [0.15, 0.2) is 127 Å². The first-order chi connectivity index (χ1) is 36.5. The quantitative estimate of drug-likeness (QED) is 0.0575. The number of phenols is 11. The number of benzene rings is 8. The number of aromatic hydroxyl groups is 11. The molecular weight excluding hydrogens is 977 g/mol. The van der Waals surface area contributed by atoms with Gasteiger partial charge in [0.1, 0.15) is 46.0 Å². The topological polar surface area (TPSA) is 269 Å². The summed E-state index contributed by atoms with van der Waals surface area (Å²) >= 11 is 0. The van der Waals surface area contributed by atoms with Crippen LogP contribution in [0.2, 0.25) is 0 Å². The lowest BCUT2D eigenvalue weighted by molar-refractivity contribution is 0.0648. The molecule has 0 amide bonds. The summed E-state index contributed by atoms with van der Waals surface area (Å²) < 4.78 is 30.3. The van der Waals surface area contributed by atoms with Gasteiger partial charge in [0.15, 0.2) is 51.6 Å². The molecule has 8 aromatic rings. The van der Waals surface area contributed by atoms with Crippen LogP contribution in [0.5, 0.6) is 92.0 Å². The van der Waals surface area contributed by atoms with Crippen LogP contribution in [0.1, 0.15) is 90.8 Å². The largest absolute Gasteiger partial charge is 0.508 e. The van der Waals surface area contributed by atoms with Gasteiger partial charge in [-0.3, -0.25) is 0 Å². The van der Waals surface area contributed by atoms with Crippen LogP contribution in [-0.2, 0) is 5.60 Å². The number of hydrogen-bond donors (Lipinski definition) is 11. The van der Waals surface area contributed by atoms with E-state index < -0.39 is 35.2 Å².